The molecule has 2 N–H and O–H groups in total. The third-order valence-corrected chi connectivity index (χ3v) is 4.17. The minimum absolute atomic E-state index is 0.128. The molecular weight excluding hydrogens is 412 g/mol. The third kappa shape index (κ3) is 5.01. The van der Waals surface area contributed by atoms with E-state index in [0.717, 1.165) is 10.0 Å². The normalized spacial score (nSPS) is 10.4. The van der Waals surface area contributed by atoms with E-state index in [2.05, 4.69) is 36.8 Å². The molecule has 2 amide bonds. The number of hydrogen-bond acceptors (Lipinski definition) is 5. The van der Waals surface area contributed by atoms with Crippen molar-refractivity contribution in [3.05, 3.63) is 64.5 Å². The Morgan fingerprint density at radius 3 is 2.56 bits per heavy atom. The maximum absolute atomic E-state index is 12.0. The zero-order valence-corrected chi connectivity index (χ0v) is 16.1. The van der Waals surface area contributed by atoms with Gasteiger partial charge in [0.1, 0.15) is 0 Å². The Labute approximate surface area is 164 Å². The van der Waals surface area contributed by atoms with Gasteiger partial charge in [-0.05, 0) is 42.5 Å². The van der Waals surface area contributed by atoms with E-state index in [9.17, 15) is 9.59 Å². The smallest absolute Gasteiger partial charge is 0.251 e. The van der Waals surface area contributed by atoms with E-state index in [4.69, 9.17) is 4.42 Å². The molecule has 0 unspecified atom stereocenters. The van der Waals surface area contributed by atoms with Crippen molar-refractivity contribution in [1.29, 1.82) is 0 Å². The molecule has 2 aromatic carbocycles. The van der Waals surface area contributed by atoms with Crippen LogP contribution in [0.1, 0.15) is 23.2 Å². The summed E-state index contributed by atoms with van der Waals surface area (Å²) in [7, 11) is 0. The number of carbonyl (C=O) groups is 2. The van der Waals surface area contributed by atoms with Crippen LogP contribution < -0.4 is 10.6 Å². The Morgan fingerprint density at radius 2 is 1.89 bits per heavy atom. The highest BCUT2D eigenvalue weighted by molar-refractivity contribution is 9.10. The zero-order valence-electron chi connectivity index (χ0n) is 14.5. The Kier molecular flexibility index (Phi) is 5.97. The summed E-state index contributed by atoms with van der Waals surface area (Å²) in [5.41, 5.74) is 1.85. The van der Waals surface area contributed by atoms with Gasteiger partial charge in [-0.1, -0.05) is 28.9 Å². The first-order valence-corrected chi connectivity index (χ1v) is 9.11. The number of nitrogens with zero attached hydrogens (tertiary/aromatic N) is 2. The maximum atomic E-state index is 12.0. The molecule has 0 spiro atoms. The van der Waals surface area contributed by atoms with Crippen molar-refractivity contribution in [2.24, 2.45) is 0 Å². The van der Waals surface area contributed by atoms with Gasteiger partial charge in [-0.3, -0.25) is 9.59 Å². The van der Waals surface area contributed by atoms with Crippen LogP contribution in [0, 0.1) is 0 Å². The topological polar surface area (TPSA) is 97.1 Å². The van der Waals surface area contributed by atoms with Crippen molar-refractivity contribution in [1.82, 2.24) is 15.5 Å². The van der Waals surface area contributed by atoms with E-state index in [1.54, 1.807) is 42.5 Å². The predicted molar refractivity (Wildman–Crippen MR) is 104 cm³/mol. The molecular formula is C19H17BrN4O3. The second-order valence-electron chi connectivity index (χ2n) is 5.67. The fraction of sp³-hybridized carbons (Fsp3) is 0.158. The third-order valence-electron chi connectivity index (χ3n) is 3.68. The van der Waals surface area contributed by atoms with Gasteiger partial charge >= 0.3 is 0 Å². The minimum Gasteiger partial charge on any atom is -0.421 e. The number of anilines is 1. The summed E-state index contributed by atoms with van der Waals surface area (Å²) < 4.78 is 6.29. The van der Waals surface area contributed by atoms with Gasteiger partial charge in [0.15, 0.2) is 0 Å². The van der Waals surface area contributed by atoms with Crippen LogP contribution in [0.5, 0.6) is 0 Å². The van der Waals surface area contributed by atoms with Crippen molar-refractivity contribution < 1.29 is 14.0 Å². The van der Waals surface area contributed by atoms with E-state index in [1.807, 2.05) is 13.0 Å². The quantitative estimate of drug-likeness (QED) is 0.626. The number of carbonyl (C=O) groups excluding carboxylic acids is 2. The highest BCUT2D eigenvalue weighted by atomic mass is 79.9. The predicted octanol–water partition coefficient (Wildman–Crippen LogP) is 3.43. The highest BCUT2D eigenvalue weighted by Gasteiger charge is 2.10. The Balaban J connectivity index is 1.54. The number of nitrogens with one attached hydrogen (secondary N) is 2. The monoisotopic (exact) mass is 428 g/mol. The fourth-order valence-corrected chi connectivity index (χ4v) is 2.71. The van der Waals surface area contributed by atoms with Gasteiger partial charge in [-0.2, -0.15) is 0 Å². The van der Waals surface area contributed by atoms with E-state index in [-0.39, 0.29) is 18.4 Å². The summed E-state index contributed by atoms with van der Waals surface area (Å²) in [6.45, 7) is 1.81. The molecule has 0 aliphatic heterocycles. The zero-order chi connectivity index (χ0) is 19.2. The van der Waals surface area contributed by atoms with Crippen molar-refractivity contribution >= 4 is 33.4 Å². The Hall–Kier alpha value is -3.00. The van der Waals surface area contributed by atoms with Crippen LogP contribution in [0.25, 0.3) is 11.5 Å². The summed E-state index contributed by atoms with van der Waals surface area (Å²) in [4.78, 5) is 24.1. The largest absolute Gasteiger partial charge is 0.421 e. The Bertz CT molecular complexity index is 954. The number of benzene rings is 2. The molecule has 0 aliphatic rings. The number of halogens is 1. The molecule has 7 nitrogen and oxygen atoms in total. The van der Waals surface area contributed by atoms with E-state index in [1.165, 1.54) is 0 Å². The summed E-state index contributed by atoms with van der Waals surface area (Å²) in [5.74, 6) is 0.372. The van der Waals surface area contributed by atoms with Crippen LogP contribution in [0.15, 0.2) is 57.4 Å². The van der Waals surface area contributed by atoms with E-state index < -0.39 is 0 Å². The summed E-state index contributed by atoms with van der Waals surface area (Å²) >= 11 is 3.31. The van der Waals surface area contributed by atoms with Crippen LogP contribution in [-0.2, 0) is 11.2 Å². The summed E-state index contributed by atoms with van der Waals surface area (Å²) in [6, 6.07) is 14.0. The fourth-order valence-electron chi connectivity index (χ4n) is 2.31. The average molecular weight is 429 g/mol. The lowest BCUT2D eigenvalue weighted by Gasteiger charge is -2.07. The van der Waals surface area contributed by atoms with Crippen molar-refractivity contribution in [2.75, 3.05) is 11.9 Å². The average Bonchev–Trinajstić information content (AvgIpc) is 3.16. The van der Waals surface area contributed by atoms with Gasteiger partial charge in [-0.15, -0.1) is 10.2 Å². The molecule has 0 atom stereocenters. The molecule has 0 aliphatic carbocycles. The SMILES string of the molecule is CCc1nnc(-c2ccc(NC(=O)CNC(=O)c3cccc(Br)c3)cc2)o1. The molecule has 0 radical (unpaired) electrons. The second-order valence-corrected chi connectivity index (χ2v) is 6.59. The van der Waals surface area contributed by atoms with Gasteiger partial charge < -0.3 is 15.1 Å². The minimum atomic E-state index is -0.322. The van der Waals surface area contributed by atoms with E-state index in [0.29, 0.717) is 29.5 Å². The van der Waals surface area contributed by atoms with Gasteiger partial charge in [0.05, 0.1) is 6.54 Å². The molecule has 3 aromatic rings. The second kappa shape index (κ2) is 8.59. The van der Waals surface area contributed by atoms with Gasteiger partial charge in [0.25, 0.3) is 5.91 Å². The first-order chi connectivity index (χ1) is 13.0. The number of aryl methyl sites for hydroxylation is 1. The standard InChI is InChI=1S/C19H17BrN4O3/c1-2-17-23-24-19(27-17)12-6-8-15(9-7-12)22-16(25)11-21-18(26)13-4-3-5-14(20)10-13/h3-10H,2,11H2,1H3,(H,21,26)(H,22,25). The number of amides is 2. The molecule has 1 aromatic heterocycles. The Morgan fingerprint density at radius 1 is 1.11 bits per heavy atom. The summed E-state index contributed by atoms with van der Waals surface area (Å²) in [6.07, 6.45) is 0.673. The molecule has 0 bridgehead atoms. The molecule has 0 saturated carbocycles. The lowest BCUT2D eigenvalue weighted by molar-refractivity contribution is -0.115. The van der Waals surface area contributed by atoms with E-state index >= 15 is 0 Å². The molecule has 0 fully saturated rings. The van der Waals surface area contributed by atoms with Crippen LogP contribution in [0.3, 0.4) is 0 Å². The molecule has 3 rings (SSSR count). The highest BCUT2D eigenvalue weighted by Crippen LogP contribution is 2.20. The molecule has 138 valence electrons. The van der Waals surface area contributed by atoms with Crippen molar-refractivity contribution in [3.63, 3.8) is 0 Å². The lowest BCUT2D eigenvalue weighted by Crippen LogP contribution is -2.32. The number of rotatable bonds is 6. The first-order valence-electron chi connectivity index (χ1n) is 8.31. The molecule has 27 heavy (non-hydrogen) atoms. The van der Waals surface area contributed by atoms with Crippen LogP contribution in [0.4, 0.5) is 5.69 Å². The van der Waals surface area contributed by atoms with Crippen LogP contribution in [-0.4, -0.2) is 28.6 Å². The molecule has 1 heterocycles. The summed E-state index contributed by atoms with van der Waals surface area (Å²) in [5, 5.41) is 13.2. The molecule has 8 heteroatoms. The van der Waals surface area contributed by atoms with Gasteiger partial charge in [0, 0.05) is 27.7 Å². The van der Waals surface area contributed by atoms with Crippen LogP contribution in [0.2, 0.25) is 0 Å². The van der Waals surface area contributed by atoms with Gasteiger partial charge in [0.2, 0.25) is 17.7 Å². The number of aromatic nitrogens is 2. The molecule has 0 saturated heterocycles. The van der Waals surface area contributed by atoms with Crippen LogP contribution >= 0.6 is 15.9 Å². The first kappa shape index (κ1) is 18.8. The number of hydrogen-bond donors (Lipinski definition) is 2. The lowest BCUT2D eigenvalue weighted by atomic mass is 10.2. The van der Waals surface area contributed by atoms with Crippen molar-refractivity contribution in [2.45, 2.75) is 13.3 Å². The van der Waals surface area contributed by atoms with Gasteiger partial charge in [-0.25, -0.2) is 0 Å². The maximum Gasteiger partial charge on any atom is 0.251 e. The van der Waals surface area contributed by atoms with Crippen molar-refractivity contribution in [3.8, 4) is 11.5 Å².